The van der Waals surface area contributed by atoms with E-state index in [-0.39, 0.29) is 23.8 Å². The first kappa shape index (κ1) is 20.5. The molecule has 3 heterocycles. The molecule has 2 saturated heterocycles. The van der Waals surface area contributed by atoms with Crippen molar-refractivity contribution in [2.45, 2.75) is 31.7 Å². The van der Waals surface area contributed by atoms with Gasteiger partial charge in [0.05, 0.1) is 18.7 Å². The van der Waals surface area contributed by atoms with Crippen LogP contribution in [0.5, 0.6) is 0 Å². The van der Waals surface area contributed by atoms with E-state index in [4.69, 9.17) is 4.74 Å². The predicted octanol–water partition coefficient (Wildman–Crippen LogP) is 1.74. The summed E-state index contributed by atoms with van der Waals surface area (Å²) < 4.78 is 5.45. The van der Waals surface area contributed by atoms with Gasteiger partial charge < -0.3 is 14.5 Å². The van der Waals surface area contributed by atoms with E-state index >= 15 is 0 Å². The third kappa shape index (κ3) is 4.45. The van der Waals surface area contributed by atoms with Crippen molar-refractivity contribution in [2.75, 3.05) is 52.5 Å². The summed E-state index contributed by atoms with van der Waals surface area (Å²) in [5.41, 5.74) is 1.35. The quantitative estimate of drug-likeness (QED) is 0.762. The van der Waals surface area contributed by atoms with Gasteiger partial charge in [0.15, 0.2) is 5.69 Å². The Balaban J connectivity index is 1.29. The number of carbonyl (C=O) groups excluding carboxylic acids is 2. The molecule has 0 spiro atoms. The van der Waals surface area contributed by atoms with Gasteiger partial charge in [-0.3, -0.25) is 19.6 Å². The number of rotatable bonds is 6. The topological polar surface area (TPSA) is 81.8 Å². The number of likely N-dealkylation sites (tertiary alicyclic amines) is 1. The Morgan fingerprint density at radius 1 is 1.13 bits per heavy atom. The molecule has 1 aromatic heterocycles. The number of ether oxygens (including phenoxy) is 1. The molecule has 1 unspecified atom stereocenters. The van der Waals surface area contributed by atoms with Gasteiger partial charge in [0, 0.05) is 56.6 Å². The van der Waals surface area contributed by atoms with E-state index < -0.39 is 0 Å². The predicted molar refractivity (Wildman–Crippen MR) is 117 cm³/mol. The molecule has 2 aromatic rings. The Kier molecular flexibility index (Phi) is 5.91. The molecule has 2 amide bonds. The van der Waals surface area contributed by atoms with Crippen molar-refractivity contribution in [3.8, 4) is 0 Å². The van der Waals surface area contributed by atoms with Gasteiger partial charge in [-0.15, -0.1) is 0 Å². The summed E-state index contributed by atoms with van der Waals surface area (Å²) in [6.07, 6.45) is 3.86. The lowest BCUT2D eigenvalue weighted by Crippen LogP contribution is -2.54. The zero-order valence-electron chi connectivity index (χ0n) is 18.0. The van der Waals surface area contributed by atoms with Gasteiger partial charge in [-0.1, -0.05) is 18.2 Å². The number of piperidine rings is 1. The molecule has 8 heteroatoms. The highest BCUT2D eigenvalue weighted by Crippen LogP contribution is 2.33. The lowest BCUT2D eigenvalue weighted by atomic mass is 10.0. The first-order valence-electron chi connectivity index (χ1n) is 11.5. The van der Waals surface area contributed by atoms with Crippen LogP contribution in [-0.2, 0) is 9.53 Å². The molecule has 1 aliphatic carbocycles. The fraction of sp³-hybridized carbons (Fsp3) is 0.609. The van der Waals surface area contributed by atoms with E-state index in [9.17, 15) is 9.59 Å². The molecule has 1 aromatic carbocycles. The SMILES string of the molecule is O=C(c1n[nH]c2ccccc12)N1CCCC(N(CCN2CCOCC2)C(=O)C2CC2)C1. The van der Waals surface area contributed by atoms with E-state index in [2.05, 4.69) is 20.0 Å². The van der Waals surface area contributed by atoms with Crippen LogP contribution in [0.3, 0.4) is 0 Å². The maximum atomic E-state index is 13.3. The number of amides is 2. The van der Waals surface area contributed by atoms with Crippen LogP contribution in [0.25, 0.3) is 10.9 Å². The van der Waals surface area contributed by atoms with Gasteiger partial charge in [-0.05, 0) is 31.7 Å². The normalized spacial score (nSPS) is 22.6. The summed E-state index contributed by atoms with van der Waals surface area (Å²) >= 11 is 0. The summed E-state index contributed by atoms with van der Waals surface area (Å²) in [7, 11) is 0. The summed E-state index contributed by atoms with van der Waals surface area (Å²) in [4.78, 5) is 32.7. The second kappa shape index (κ2) is 8.96. The molecule has 3 aliphatic rings. The third-order valence-electron chi connectivity index (χ3n) is 6.77. The molecule has 0 radical (unpaired) electrons. The van der Waals surface area contributed by atoms with Crippen LogP contribution < -0.4 is 0 Å². The van der Waals surface area contributed by atoms with Crippen molar-refractivity contribution in [1.29, 1.82) is 0 Å². The number of nitrogens with zero attached hydrogens (tertiary/aromatic N) is 4. The van der Waals surface area contributed by atoms with Crippen molar-refractivity contribution in [1.82, 2.24) is 24.9 Å². The molecule has 5 rings (SSSR count). The van der Waals surface area contributed by atoms with E-state index in [0.29, 0.717) is 18.8 Å². The molecular formula is C23H31N5O3. The summed E-state index contributed by atoms with van der Waals surface area (Å²) in [5, 5.41) is 8.11. The van der Waals surface area contributed by atoms with Crippen LogP contribution in [0.2, 0.25) is 0 Å². The number of aromatic amines is 1. The van der Waals surface area contributed by atoms with E-state index in [1.54, 1.807) is 0 Å². The Morgan fingerprint density at radius 3 is 2.74 bits per heavy atom. The van der Waals surface area contributed by atoms with Crippen molar-refractivity contribution < 1.29 is 14.3 Å². The summed E-state index contributed by atoms with van der Waals surface area (Å²) in [6.45, 7) is 6.27. The highest BCUT2D eigenvalue weighted by Gasteiger charge is 2.38. The molecule has 3 fully saturated rings. The summed E-state index contributed by atoms with van der Waals surface area (Å²) in [5.74, 6) is 0.415. The molecule has 1 saturated carbocycles. The molecule has 31 heavy (non-hydrogen) atoms. The first-order valence-corrected chi connectivity index (χ1v) is 11.5. The molecule has 166 valence electrons. The average molecular weight is 426 g/mol. The van der Waals surface area contributed by atoms with Crippen LogP contribution in [0.15, 0.2) is 24.3 Å². The number of para-hydroxylation sites is 1. The van der Waals surface area contributed by atoms with Crippen LogP contribution in [-0.4, -0.2) is 95.2 Å². The van der Waals surface area contributed by atoms with Crippen molar-refractivity contribution >= 4 is 22.7 Å². The number of H-pyrrole nitrogens is 1. The first-order chi connectivity index (χ1) is 15.2. The van der Waals surface area contributed by atoms with Crippen LogP contribution in [0.4, 0.5) is 0 Å². The highest BCUT2D eigenvalue weighted by atomic mass is 16.5. The van der Waals surface area contributed by atoms with E-state index in [1.165, 1.54) is 0 Å². The number of aromatic nitrogens is 2. The minimum Gasteiger partial charge on any atom is -0.379 e. The lowest BCUT2D eigenvalue weighted by Gasteiger charge is -2.40. The minimum absolute atomic E-state index is 0.0471. The van der Waals surface area contributed by atoms with E-state index in [0.717, 1.165) is 76.0 Å². The van der Waals surface area contributed by atoms with Crippen LogP contribution in [0.1, 0.15) is 36.2 Å². The van der Waals surface area contributed by atoms with Crippen molar-refractivity contribution in [3.63, 3.8) is 0 Å². The number of morpholine rings is 1. The number of benzene rings is 1. The smallest absolute Gasteiger partial charge is 0.275 e. The molecule has 2 aliphatic heterocycles. The third-order valence-corrected chi connectivity index (χ3v) is 6.77. The number of carbonyl (C=O) groups is 2. The van der Waals surface area contributed by atoms with Crippen LogP contribution in [0, 0.1) is 5.92 Å². The van der Waals surface area contributed by atoms with Gasteiger partial charge >= 0.3 is 0 Å². The van der Waals surface area contributed by atoms with Gasteiger partial charge in [-0.2, -0.15) is 5.10 Å². The molecular weight excluding hydrogens is 394 g/mol. The molecule has 1 atom stereocenters. The summed E-state index contributed by atoms with van der Waals surface area (Å²) in [6, 6.07) is 7.80. The second-order valence-corrected chi connectivity index (χ2v) is 8.92. The average Bonchev–Trinajstić information content (AvgIpc) is 3.58. The largest absolute Gasteiger partial charge is 0.379 e. The standard InChI is InChI=1S/C23H31N5O3/c29-22(17-7-8-17)28(11-10-26-12-14-31-15-13-26)18-4-3-9-27(16-18)23(30)21-19-5-1-2-6-20(19)24-25-21/h1-2,5-6,17-18H,3-4,7-16H2,(H,24,25). The van der Waals surface area contributed by atoms with Gasteiger partial charge in [0.2, 0.25) is 5.91 Å². The second-order valence-electron chi connectivity index (χ2n) is 8.92. The number of fused-ring (bicyclic) bond motifs is 1. The van der Waals surface area contributed by atoms with Gasteiger partial charge in [0.25, 0.3) is 5.91 Å². The van der Waals surface area contributed by atoms with E-state index in [1.807, 2.05) is 29.2 Å². The Labute approximate surface area is 182 Å². The lowest BCUT2D eigenvalue weighted by molar-refractivity contribution is -0.136. The Morgan fingerprint density at radius 2 is 1.94 bits per heavy atom. The Hall–Kier alpha value is -2.45. The molecule has 1 N–H and O–H groups in total. The number of hydrogen-bond donors (Lipinski definition) is 1. The minimum atomic E-state index is -0.0471. The maximum Gasteiger partial charge on any atom is 0.275 e. The van der Waals surface area contributed by atoms with Crippen LogP contribution >= 0.6 is 0 Å². The number of nitrogens with one attached hydrogen (secondary N) is 1. The van der Waals surface area contributed by atoms with Gasteiger partial charge in [-0.25, -0.2) is 0 Å². The monoisotopic (exact) mass is 425 g/mol. The molecule has 0 bridgehead atoms. The fourth-order valence-electron chi connectivity index (χ4n) is 4.78. The highest BCUT2D eigenvalue weighted by molar-refractivity contribution is 6.04. The van der Waals surface area contributed by atoms with Gasteiger partial charge in [0.1, 0.15) is 0 Å². The molecule has 8 nitrogen and oxygen atoms in total. The fourth-order valence-corrected chi connectivity index (χ4v) is 4.78. The van der Waals surface area contributed by atoms with Crippen molar-refractivity contribution in [3.05, 3.63) is 30.0 Å². The zero-order valence-corrected chi connectivity index (χ0v) is 18.0. The zero-order chi connectivity index (χ0) is 21.2. The van der Waals surface area contributed by atoms with Crippen molar-refractivity contribution in [2.24, 2.45) is 5.92 Å². The number of hydrogen-bond acceptors (Lipinski definition) is 5. The Bertz CT molecular complexity index is 934. The maximum absolute atomic E-state index is 13.3.